The SMILES string of the molecule is CO[C@@]12[C@H](COC(N)=O)[C@H]3C(=O)C(N)=C(C)C(=O)[C@]34N3[C@H](CN14)[C@@H]32. The van der Waals surface area contributed by atoms with Crippen LogP contribution in [0.1, 0.15) is 6.92 Å². The second-order valence-electron chi connectivity index (χ2n) is 7.16. The molecule has 0 aromatic rings. The highest BCUT2D eigenvalue weighted by Gasteiger charge is 2.95. The molecule has 5 saturated heterocycles. The smallest absolute Gasteiger partial charge is 0.404 e. The highest BCUT2D eigenvalue weighted by molar-refractivity contribution is 6.18. The molecule has 0 aromatic heterocycles. The molecule has 1 spiro atoms. The topological polar surface area (TPSA) is 128 Å². The Morgan fingerprint density at radius 1 is 1.42 bits per heavy atom. The highest BCUT2D eigenvalue weighted by Crippen LogP contribution is 2.75. The molecule has 0 saturated carbocycles. The molecule has 0 aromatic carbocycles. The summed E-state index contributed by atoms with van der Waals surface area (Å²) in [5, 5.41) is 0. The van der Waals surface area contributed by atoms with Gasteiger partial charge in [0.2, 0.25) is 0 Å². The van der Waals surface area contributed by atoms with E-state index in [1.165, 1.54) is 0 Å². The second-order valence-corrected chi connectivity index (χ2v) is 7.16. The lowest BCUT2D eigenvalue weighted by Crippen LogP contribution is -2.61. The van der Waals surface area contributed by atoms with Gasteiger partial charge in [0, 0.05) is 25.3 Å². The molecule has 4 N–H and O–H groups in total. The van der Waals surface area contributed by atoms with Gasteiger partial charge in [-0.05, 0) is 6.92 Å². The standard InChI is InChI=1S/C15H18N4O5/c1-5-9(16)10(20)8-6(4-24-13(17)22)15(23-2)11-7-3-18(15)14(8,12(5)21)19(7)11/h6-8,11H,3-4,16H2,1-2H3,(H2,17,22)/t6-,7-,8+,11-,14-,15-,19?/m1/s1. The van der Waals surface area contributed by atoms with E-state index in [4.69, 9.17) is 20.9 Å². The Labute approximate surface area is 137 Å². The molecule has 1 aliphatic carbocycles. The van der Waals surface area contributed by atoms with Crippen molar-refractivity contribution < 1.29 is 23.9 Å². The Balaban J connectivity index is 1.70. The number of amides is 1. The number of allylic oxidation sites excluding steroid dienone is 1. The first-order valence-corrected chi connectivity index (χ1v) is 7.94. The number of hydrogen-bond acceptors (Lipinski definition) is 8. The molecule has 6 rings (SSSR count). The number of nitrogens with zero attached hydrogens (tertiary/aromatic N) is 2. The maximum Gasteiger partial charge on any atom is 0.404 e. The van der Waals surface area contributed by atoms with Gasteiger partial charge in [-0.1, -0.05) is 0 Å². The van der Waals surface area contributed by atoms with Gasteiger partial charge in [0.05, 0.1) is 23.6 Å². The third-order valence-corrected chi connectivity index (χ3v) is 6.68. The van der Waals surface area contributed by atoms with Gasteiger partial charge in [-0.2, -0.15) is 0 Å². The Morgan fingerprint density at radius 2 is 2.12 bits per heavy atom. The quantitative estimate of drug-likeness (QED) is 0.575. The van der Waals surface area contributed by atoms with Crippen LogP contribution in [-0.2, 0) is 19.1 Å². The summed E-state index contributed by atoms with van der Waals surface area (Å²) in [5.74, 6) is -1.61. The van der Waals surface area contributed by atoms with Crippen LogP contribution in [0.3, 0.4) is 0 Å². The number of methoxy groups -OCH3 is 1. The zero-order chi connectivity index (χ0) is 17.2. The van der Waals surface area contributed by atoms with E-state index in [9.17, 15) is 14.4 Å². The second kappa shape index (κ2) is 3.81. The minimum absolute atomic E-state index is 0.00435. The Bertz CT molecular complexity index is 765. The lowest BCUT2D eigenvalue weighted by Gasteiger charge is -2.40. The number of carbonyl (C=O) groups excluding carboxylic acids is 3. The molecule has 9 heteroatoms. The van der Waals surface area contributed by atoms with E-state index < -0.39 is 29.3 Å². The Hall–Kier alpha value is -1.97. The highest BCUT2D eigenvalue weighted by atomic mass is 16.6. The number of piperazine rings is 1. The van der Waals surface area contributed by atoms with Gasteiger partial charge in [0.15, 0.2) is 17.2 Å². The molecule has 6 aliphatic rings. The van der Waals surface area contributed by atoms with Crippen molar-refractivity contribution in [3.63, 3.8) is 0 Å². The predicted octanol–water partition coefficient (Wildman–Crippen LogP) is -1.87. The largest absolute Gasteiger partial charge is 0.449 e. The van der Waals surface area contributed by atoms with Crippen LogP contribution >= 0.6 is 0 Å². The maximum absolute atomic E-state index is 13.2. The fourth-order valence-electron chi connectivity index (χ4n) is 5.98. The van der Waals surface area contributed by atoms with E-state index in [1.54, 1.807) is 14.0 Å². The van der Waals surface area contributed by atoms with Crippen LogP contribution in [0, 0.1) is 11.8 Å². The molecular weight excluding hydrogens is 316 g/mol. The summed E-state index contributed by atoms with van der Waals surface area (Å²) in [6, 6.07) is 0.221. The van der Waals surface area contributed by atoms with E-state index in [1.807, 2.05) is 4.90 Å². The molecule has 128 valence electrons. The molecule has 0 radical (unpaired) electrons. The van der Waals surface area contributed by atoms with Crippen molar-refractivity contribution in [1.29, 1.82) is 0 Å². The monoisotopic (exact) mass is 334 g/mol. The molecule has 6 bridgehead atoms. The molecule has 9 nitrogen and oxygen atoms in total. The number of rotatable bonds is 3. The summed E-state index contributed by atoms with van der Waals surface area (Å²) < 4.78 is 10.9. The van der Waals surface area contributed by atoms with Crippen molar-refractivity contribution in [3.8, 4) is 0 Å². The minimum Gasteiger partial charge on any atom is -0.449 e. The average molecular weight is 334 g/mol. The van der Waals surface area contributed by atoms with Crippen molar-refractivity contribution >= 4 is 17.7 Å². The van der Waals surface area contributed by atoms with E-state index in [0.717, 1.165) is 0 Å². The normalized spacial score (nSPS) is 52.8. The molecule has 24 heavy (non-hydrogen) atoms. The predicted molar refractivity (Wildman–Crippen MR) is 78.0 cm³/mol. The number of ketones is 2. The number of carbonyl (C=O) groups is 3. The third kappa shape index (κ3) is 1.08. The molecule has 1 amide bonds. The molecule has 2 unspecified atom stereocenters. The summed E-state index contributed by atoms with van der Waals surface area (Å²) in [5.41, 5.74) is 9.46. The lowest BCUT2D eigenvalue weighted by atomic mass is 9.69. The van der Waals surface area contributed by atoms with E-state index in [0.29, 0.717) is 12.1 Å². The number of ether oxygens (including phenoxy) is 2. The van der Waals surface area contributed by atoms with Crippen molar-refractivity contribution in [3.05, 3.63) is 11.3 Å². The number of Topliss-reactive ketones (excluding diaryl/α,β-unsaturated/α-hetero) is 2. The number of hydrogen-bond donors (Lipinski definition) is 2. The van der Waals surface area contributed by atoms with Gasteiger partial charge >= 0.3 is 6.09 Å². The van der Waals surface area contributed by atoms with Crippen LogP contribution in [0.4, 0.5) is 4.79 Å². The summed E-state index contributed by atoms with van der Waals surface area (Å²) in [6.07, 6.45) is -0.914. The Morgan fingerprint density at radius 3 is 2.71 bits per heavy atom. The third-order valence-electron chi connectivity index (χ3n) is 6.68. The summed E-state index contributed by atoms with van der Waals surface area (Å²) in [7, 11) is 1.57. The molecular formula is C15H18N4O5. The van der Waals surface area contributed by atoms with E-state index >= 15 is 0 Å². The molecule has 8 atom stereocenters. The van der Waals surface area contributed by atoms with Crippen molar-refractivity contribution in [1.82, 2.24) is 9.80 Å². The Kier molecular flexibility index (Phi) is 2.29. The van der Waals surface area contributed by atoms with Crippen LogP contribution in [0.25, 0.3) is 0 Å². The minimum atomic E-state index is -1.04. The van der Waals surface area contributed by atoms with E-state index in [-0.39, 0.29) is 36.0 Å². The summed E-state index contributed by atoms with van der Waals surface area (Å²) in [4.78, 5) is 41.4. The van der Waals surface area contributed by atoms with Crippen molar-refractivity contribution in [2.45, 2.75) is 30.4 Å². The van der Waals surface area contributed by atoms with Crippen LogP contribution < -0.4 is 11.5 Å². The zero-order valence-corrected chi connectivity index (χ0v) is 13.3. The van der Waals surface area contributed by atoms with Gasteiger partial charge in [-0.3, -0.25) is 14.5 Å². The van der Waals surface area contributed by atoms with Gasteiger partial charge in [-0.15, -0.1) is 0 Å². The van der Waals surface area contributed by atoms with Crippen molar-refractivity contribution in [2.24, 2.45) is 23.3 Å². The van der Waals surface area contributed by atoms with Crippen molar-refractivity contribution in [2.75, 3.05) is 20.3 Å². The first-order chi connectivity index (χ1) is 11.3. The van der Waals surface area contributed by atoms with Gasteiger partial charge in [0.1, 0.15) is 12.3 Å². The lowest BCUT2D eigenvalue weighted by molar-refractivity contribution is -0.141. The number of piperidine rings is 1. The first kappa shape index (κ1) is 14.4. The van der Waals surface area contributed by atoms with Crippen LogP contribution in [0.2, 0.25) is 0 Å². The van der Waals surface area contributed by atoms with Gasteiger partial charge in [0.25, 0.3) is 0 Å². The summed E-state index contributed by atoms with van der Waals surface area (Å²) >= 11 is 0. The van der Waals surface area contributed by atoms with Crippen LogP contribution in [-0.4, -0.2) is 71.2 Å². The zero-order valence-electron chi connectivity index (χ0n) is 13.3. The van der Waals surface area contributed by atoms with Gasteiger partial charge < -0.3 is 20.9 Å². The van der Waals surface area contributed by atoms with E-state index in [2.05, 4.69) is 4.90 Å². The molecule has 5 fully saturated rings. The number of nitrogens with two attached hydrogens (primary N) is 2. The fourth-order valence-corrected chi connectivity index (χ4v) is 5.98. The molecule has 5 aliphatic heterocycles. The first-order valence-electron chi connectivity index (χ1n) is 7.94. The molecule has 5 heterocycles. The number of primary amides is 1. The van der Waals surface area contributed by atoms with Gasteiger partial charge in [-0.25, -0.2) is 9.69 Å². The van der Waals surface area contributed by atoms with Crippen LogP contribution in [0.5, 0.6) is 0 Å². The average Bonchev–Trinajstić information content (AvgIpc) is 2.87. The van der Waals surface area contributed by atoms with Crippen LogP contribution in [0.15, 0.2) is 11.3 Å². The fraction of sp³-hybridized carbons (Fsp3) is 0.667. The summed E-state index contributed by atoms with van der Waals surface area (Å²) in [6.45, 7) is 2.18. The maximum atomic E-state index is 13.2.